The molecule has 24 heavy (non-hydrogen) atoms. The molecule has 0 amide bonds. The van der Waals surface area contributed by atoms with Crippen LogP contribution in [0.15, 0.2) is 45.8 Å². The summed E-state index contributed by atoms with van der Waals surface area (Å²) >= 11 is 0. The van der Waals surface area contributed by atoms with Crippen molar-refractivity contribution in [1.82, 2.24) is 9.78 Å². The fraction of sp³-hybridized carbons (Fsp3) is 0.312. The molecule has 6 nitrogen and oxygen atoms in total. The van der Waals surface area contributed by atoms with Crippen LogP contribution in [0.5, 0.6) is 0 Å². The first kappa shape index (κ1) is 17.1. The number of fused-ring (bicyclic) bond motifs is 1. The van der Waals surface area contributed by atoms with Crippen molar-refractivity contribution in [2.75, 3.05) is 13.2 Å². The van der Waals surface area contributed by atoms with Crippen molar-refractivity contribution in [3.63, 3.8) is 0 Å². The quantitative estimate of drug-likeness (QED) is 0.825. The van der Waals surface area contributed by atoms with Gasteiger partial charge in [-0.2, -0.15) is 5.10 Å². The second kappa shape index (κ2) is 7.05. The Morgan fingerprint density at radius 1 is 1.42 bits per heavy atom. The van der Waals surface area contributed by atoms with Gasteiger partial charge in [0.2, 0.25) is 0 Å². The third kappa shape index (κ3) is 3.38. The average molecular weight is 364 g/mol. The standard InChI is InChI=1S/C16H21N4O2PS/c1-3-20-16-14(10-19-20)15(8-9-23-16)22-11-12-4-6-13(7-5-12)24(17,21)18-2/h4-8,10,23H,3,9,11H2,1-2H3,(H2,17,18,21). The first-order chi connectivity index (χ1) is 11.5. The maximum Gasteiger partial charge on any atom is 0.134 e. The number of nitrogens with two attached hydrogens (primary N) is 1. The van der Waals surface area contributed by atoms with Crippen molar-refractivity contribution in [2.45, 2.75) is 25.0 Å². The molecule has 0 saturated heterocycles. The Morgan fingerprint density at radius 2 is 2.17 bits per heavy atom. The monoisotopic (exact) mass is 364 g/mol. The fourth-order valence-electron chi connectivity index (χ4n) is 2.53. The molecule has 0 radical (unpaired) electrons. The van der Waals surface area contributed by atoms with E-state index in [1.807, 2.05) is 23.0 Å². The number of allylic oxidation sites excluding steroid dienone is 1. The van der Waals surface area contributed by atoms with Gasteiger partial charge >= 0.3 is 0 Å². The molecule has 0 saturated carbocycles. The average Bonchev–Trinajstić information content (AvgIpc) is 3.04. The summed E-state index contributed by atoms with van der Waals surface area (Å²) in [7, 11) is -0.577. The Hall–Kier alpha value is -1.69. The SMILES string of the molecule is CCn1ncc2c1PCC=C2OCc1ccc(S(N)(=O)=NC)cc1. The predicted molar refractivity (Wildman–Crippen MR) is 98.9 cm³/mol. The molecule has 2 unspecified atom stereocenters. The molecule has 2 heterocycles. The number of aryl methyl sites for hydroxylation is 1. The first-order valence-corrected chi connectivity index (χ1v) is 10.5. The van der Waals surface area contributed by atoms with Gasteiger partial charge in [0.05, 0.1) is 22.1 Å². The van der Waals surface area contributed by atoms with E-state index >= 15 is 0 Å². The lowest BCUT2D eigenvalue weighted by atomic mass is 10.2. The summed E-state index contributed by atoms with van der Waals surface area (Å²) in [6.45, 7) is 3.41. The maximum absolute atomic E-state index is 12.0. The first-order valence-electron chi connectivity index (χ1n) is 7.70. The minimum atomic E-state index is -2.78. The summed E-state index contributed by atoms with van der Waals surface area (Å²) in [6.07, 6.45) is 4.99. The van der Waals surface area contributed by atoms with E-state index in [0.29, 0.717) is 11.5 Å². The van der Waals surface area contributed by atoms with Crippen molar-refractivity contribution >= 4 is 29.7 Å². The van der Waals surface area contributed by atoms with Gasteiger partial charge in [-0.05, 0) is 36.9 Å². The lowest BCUT2D eigenvalue weighted by Crippen LogP contribution is -2.18. The number of aromatic nitrogens is 2. The van der Waals surface area contributed by atoms with Crippen LogP contribution in [0.1, 0.15) is 18.1 Å². The highest BCUT2D eigenvalue weighted by molar-refractivity contribution is 7.91. The highest BCUT2D eigenvalue weighted by Crippen LogP contribution is 2.28. The molecule has 1 aliphatic heterocycles. The molecule has 8 heteroatoms. The van der Waals surface area contributed by atoms with E-state index in [9.17, 15) is 4.21 Å². The van der Waals surface area contributed by atoms with E-state index in [1.165, 1.54) is 12.5 Å². The summed E-state index contributed by atoms with van der Waals surface area (Å²) in [6, 6.07) is 7.22. The summed E-state index contributed by atoms with van der Waals surface area (Å²) in [5.74, 6) is 0.888. The van der Waals surface area contributed by atoms with Crippen LogP contribution in [-0.4, -0.2) is 27.2 Å². The number of ether oxygens (including phenoxy) is 1. The molecule has 128 valence electrons. The molecule has 0 fully saturated rings. The van der Waals surface area contributed by atoms with Crippen LogP contribution in [-0.2, 0) is 27.8 Å². The van der Waals surface area contributed by atoms with Gasteiger partial charge in [-0.3, -0.25) is 4.68 Å². The fourth-order valence-corrected chi connectivity index (χ4v) is 4.52. The Morgan fingerprint density at radius 3 is 2.83 bits per heavy atom. The van der Waals surface area contributed by atoms with Gasteiger partial charge < -0.3 is 4.74 Å². The lowest BCUT2D eigenvalue weighted by Gasteiger charge is -2.16. The third-order valence-corrected chi connectivity index (χ3v) is 6.65. The van der Waals surface area contributed by atoms with E-state index in [1.54, 1.807) is 12.1 Å². The predicted octanol–water partition coefficient (Wildman–Crippen LogP) is 2.11. The number of rotatable bonds is 5. The molecular weight excluding hydrogens is 343 g/mol. The van der Waals surface area contributed by atoms with E-state index in [0.717, 1.165) is 38.2 Å². The van der Waals surface area contributed by atoms with E-state index in [4.69, 9.17) is 9.88 Å². The Kier molecular flexibility index (Phi) is 5.04. The normalized spacial score (nSPS) is 17.0. The second-order valence-corrected chi connectivity index (χ2v) is 8.56. The van der Waals surface area contributed by atoms with Crippen LogP contribution < -0.4 is 10.6 Å². The maximum atomic E-state index is 12.0. The van der Waals surface area contributed by atoms with Crippen LogP contribution in [0.2, 0.25) is 0 Å². The van der Waals surface area contributed by atoms with Gasteiger partial charge in [0, 0.05) is 13.6 Å². The van der Waals surface area contributed by atoms with Gasteiger partial charge in [0.15, 0.2) is 0 Å². The zero-order valence-electron chi connectivity index (χ0n) is 13.7. The third-order valence-electron chi connectivity index (χ3n) is 3.89. The molecule has 1 aromatic carbocycles. The Bertz CT molecular complexity index is 880. The molecule has 0 bridgehead atoms. The summed E-state index contributed by atoms with van der Waals surface area (Å²) in [5, 5.41) is 10.1. The highest BCUT2D eigenvalue weighted by Gasteiger charge is 2.18. The molecular formula is C16H21N4O2PS. The van der Waals surface area contributed by atoms with Gasteiger partial charge in [-0.25, -0.2) is 13.7 Å². The van der Waals surface area contributed by atoms with Crippen molar-refractivity contribution in [1.29, 1.82) is 0 Å². The Labute approximate surface area is 144 Å². The lowest BCUT2D eigenvalue weighted by molar-refractivity contribution is 0.264. The van der Waals surface area contributed by atoms with E-state index in [2.05, 4.69) is 22.5 Å². The summed E-state index contributed by atoms with van der Waals surface area (Å²) < 4.78 is 23.8. The van der Waals surface area contributed by atoms with Crippen LogP contribution >= 0.6 is 8.58 Å². The van der Waals surface area contributed by atoms with Gasteiger partial charge in [0.25, 0.3) is 0 Å². The smallest absolute Gasteiger partial charge is 0.134 e. The van der Waals surface area contributed by atoms with Crippen molar-refractivity contribution in [3.8, 4) is 0 Å². The molecule has 0 spiro atoms. The van der Waals surface area contributed by atoms with E-state index in [-0.39, 0.29) is 0 Å². The topological polar surface area (TPSA) is 82.5 Å². The van der Waals surface area contributed by atoms with Crippen LogP contribution in [0.25, 0.3) is 5.76 Å². The summed E-state index contributed by atoms with van der Waals surface area (Å²) in [4.78, 5) is 0.526. The molecule has 2 N–H and O–H groups in total. The second-order valence-electron chi connectivity index (χ2n) is 5.36. The van der Waals surface area contributed by atoms with Gasteiger partial charge in [-0.15, -0.1) is 0 Å². The minimum Gasteiger partial charge on any atom is -0.488 e. The summed E-state index contributed by atoms with van der Waals surface area (Å²) in [5.41, 5.74) is 3.34. The Balaban J connectivity index is 1.72. The molecule has 3 rings (SSSR count). The molecule has 2 aromatic rings. The molecule has 1 aliphatic rings. The van der Waals surface area contributed by atoms with Crippen LogP contribution in [0.3, 0.4) is 0 Å². The number of hydrogen-bond donors (Lipinski definition) is 1. The molecule has 2 atom stereocenters. The van der Waals surface area contributed by atoms with Crippen molar-refractivity contribution in [3.05, 3.63) is 47.7 Å². The number of nitrogens with zero attached hydrogens (tertiary/aromatic N) is 3. The van der Waals surface area contributed by atoms with Crippen molar-refractivity contribution < 1.29 is 8.95 Å². The van der Waals surface area contributed by atoms with Crippen LogP contribution in [0, 0.1) is 0 Å². The molecule has 0 aliphatic carbocycles. The highest BCUT2D eigenvalue weighted by atomic mass is 32.2. The number of hydrogen-bond acceptors (Lipinski definition) is 4. The van der Waals surface area contributed by atoms with Gasteiger partial charge in [-0.1, -0.05) is 20.7 Å². The largest absolute Gasteiger partial charge is 0.488 e. The minimum absolute atomic E-state index is 0.445. The van der Waals surface area contributed by atoms with Gasteiger partial charge in [0.1, 0.15) is 22.3 Å². The number of benzene rings is 1. The van der Waals surface area contributed by atoms with Crippen molar-refractivity contribution in [2.24, 2.45) is 9.50 Å². The van der Waals surface area contributed by atoms with Crippen LogP contribution in [0.4, 0.5) is 0 Å². The zero-order chi connectivity index (χ0) is 17.2. The van der Waals surface area contributed by atoms with E-state index < -0.39 is 9.92 Å². The zero-order valence-corrected chi connectivity index (χ0v) is 15.5. The molecule has 1 aromatic heterocycles.